The molecule has 2 heteroatoms. The molecule has 0 amide bonds. The fourth-order valence-electron chi connectivity index (χ4n) is 2.56. The molecule has 1 aliphatic rings. The Kier molecular flexibility index (Phi) is 6.07. The van der Waals surface area contributed by atoms with E-state index >= 15 is 0 Å². The van der Waals surface area contributed by atoms with Crippen molar-refractivity contribution in [3.05, 3.63) is 12.7 Å². The molecule has 1 fully saturated rings. The molecule has 1 rings (SSSR count). The summed E-state index contributed by atoms with van der Waals surface area (Å²) in [5, 5.41) is 3.66. The van der Waals surface area contributed by atoms with Gasteiger partial charge in [0.1, 0.15) is 0 Å². The lowest BCUT2D eigenvalue weighted by molar-refractivity contribution is -0.100. The van der Waals surface area contributed by atoms with Gasteiger partial charge in [-0.25, -0.2) is 0 Å². The molecule has 0 aliphatic heterocycles. The Morgan fingerprint density at radius 2 is 2.25 bits per heavy atom. The normalized spacial score (nSPS) is 20.1. The molecule has 1 N–H and O–H groups in total. The molecule has 0 aromatic carbocycles. The Balaban J connectivity index is 2.44. The molecule has 0 radical (unpaired) electrons. The van der Waals surface area contributed by atoms with Gasteiger partial charge in [0, 0.05) is 13.2 Å². The van der Waals surface area contributed by atoms with E-state index in [1.165, 1.54) is 38.5 Å². The highest BCUT2D eigenvalue weighted by atomic mass is 16.5. The summed E-state index contributed by atoms with van der Waals surface area (Å²) in [6, 6.07) is 0.533. The summed E-state index contributed by atoms with van der Waals surface area (Å²) in [5.41, 5.74) is 0.135. The third-order valence-corrected chi connectivity index (χ3v) is 3.78. The Morgan fingerprint density at radius 3 is 2.69 bits per heavy atom. The van der Waals surface area contributed by atoms with E-state index < -0.39 is 0 Å². The van der Waals surface area contributed by atoms with Crippen LogP contribution in [0.5, 0.6) is 0 Å². The molecule has 94 valence electrons. The average molecular weight is 225 g/mol. The average Bonchev–Trinajstić information content (AvgIpc) is 2.24. The first kappa shape index (κ1) is 13.7. The van der Waals surface area contributed by atoms with Gasteiger partial charge in [-0.05, 0) is 51.5 Å². The third kappa shape index (κ3) is 3.33. The number of hydrogen-bond acceptors (Lipinski definition) is 2. The number of methoxy groups -OCH3 is 1. The van der Waals surface area contributed by atoms with Crippen molar-refractivity contribution in [3.8, 4) is 0 Å². The molecule has 0 heterocycles. The Labute approximate surface area is 100 Å². The summed E-state index contributed by atoms with van der Waals surface area (Å²) >= 11 is 0. The quantitative estimate of drug-likeness (QED) is 0.480. The number of hydrogen-bond donors (Lipinski definition) is 1. The first-order valence-corrected chi connectivity index (χ1v) is 6.68. The van der Waals surface area contributed by atoms with Crippen molar-refractivity contribution < 1.29 is 4.74 Å². The second-order valence-corrected chi connectivity index (χ2v) is 4.85. The standard InChI is InChI=1S/C14H27NO/c1-4-6-7-9-13(15-12-5-2)14(16-3)10-8-11-14/h4,13,15H,1,5-12H2,2-3H3. The monoisotopic (exact) mass is 225 g/mol. The predicted octanol–water partition coefficient (Wildman–Crippen LogP) is 3.28. The SMILES string of the molecule is C=CCCCC(NCCC)C1(OC)CCC1. The molecular formula is C14H27NO. The van der Waals surface area contributed by atoms with Gasteiger partial charge in [0.05, 0.1) is 5.60 Å². The minimum absolute atomic E-state index is 0.135. The Hall–Kier alpha value is -0.340. The van der Waals surface area contributed by atoms with E-state index in [0.29, 0.717) is 6.04 Å². The van der Waals surface area contributed by atoms with E-state index in [1.54, 1.807) is 0 Å². The van der Waals surface area contributed by atoms with Gasteiger partial charge in [0.2, 0.25) is 0 Å². The minimum Gasteiger partial charge on any atom is -0.377 e. The molecule has 16 heavy (non-hydrogen) atoms. The van der Waals surface area contributed by atoms with Gasteiger partial charge in [0.25, 0.3) is 0 Å². The van der Waals surface area contributed by atoms with Gasteiger partial charge in [-0.2, -0.15) is 0 Å². The maximum atomic E-state index is 5.78. The van der Waals surface area contributed by atoms with Crippen LogP contribution in [0.15, 0.2) is 12.7 Å². The summed E-state index contributed by atoms with van der Waals surface area (Å²) in [7, 11) is 1.87. The number of unbranched alkanes of at least 4 members (excludes halogenated alkanes) is 1. The van der Waals surface area contributed by atoms with Gasteiger partial charge in [0.15, 0.2) is 0 Å². The van der Waals surface area contributed by atoms with Crippen molar-refractivity contribution in [1.82, 2.24) is 5.32 Å². The summed E-state index contributed by atoms with van der Waals surface area (Å²) in [6.45, 7) is 7.10. The van der Waals surface area contributed by atoms with Gasteiger partial charge in [-0.3, -0.25) is 0 Å². The highest BCUT2D eigenvalue weighted by molar-refractivity contribution is 4.99. The van der Waals surface area contributed by atoms with Crippen LogP contribution < -0.4 is 5.32 Å². The molecule has 0 saturated heterocycles. The summed E-state index contributed by atoms with van der Waals surface area (Å²) in [4.78, 5) is 0. The van der Waals surface area contributed by atoms with Gasteiger partial charge < -0.3 is 10.1 Å². The van der Waals surface area contributed by atoms with Gasteiger partial charge in [-0.15, -0.1) is 6.58 Å². The van der Waals surface area contributed by atoms with Crippen LogP contribution in [-0.2, 0) is 4.74 Å². The smallest absolute Gasteiger partial charge is 0.0831 e. The molecule has 1 atom stereocenters. The van der Waals surface area contributed by atoms with Crippen LogP contribution in [0.1, 0.15) is 51.9 Å². The Morgan fingerprint density at radius 1 is 1.50 bits per heavy atom. The first-order chi connectivity index (χ1) is 7.79. The predicted molar refractivity (Wildman–Crippen MR) is 69.7 cm³/mol. The Bertz CT molecular complexity index is 193. The van der Waals surface area contributed by atoms with Crippen LogP contribution in [-0.4, -0.2) is 25.3 Å². The highest BCUT2D eigenvalue weighted by Gasteiger charge is 2.43. The fraction of sp³-hybridized carbons (Fsp3) is 0.857. The molecule has 2 nitrogen and oxygen atoms in total. The largest absolute Gasteiger partial charge is 0.377 e. The van der Waals surface area contributed by atoms with Crippen molar-refractivity contribution in [2.75, 3.05) is 13.7 Å². The van der Waals surface area contributed by atoms with E-state index in [2.05, 4.69) is 18.8 Å². The lowest BCUT2D eigenvalue weighted by Crippen LogP contribution is -2.56. The van der Waals surface area contributed by atoms with Crippen LogP contribution >= 0.6 is 0 Å². The van der Waals surface area contributed by atoms with Gasteiger partial charge >= 0.3 is 0 Å². The van der Waals surface area contributed by atoms with Crippen molar-refractivity contribution >= 4 is 0 Å². The van der Waals surface area contributed by atoms with E-state index in [-0.39, 0.29) is 5.60 Å². The minimum atomic E-state index is 0.135. The zero-order valence-corrected chi connectivity index (χ0v) is 10.9. The number of nitrogens with one attached hydrogen (secondary N) is 1. The lowest BCUT2D eigenvalue weighted by Gasteiger charge is -2.47. The third-order valence-electron chi connectivity index (χ3n) is 3.78. The summed E-state index contributed by atoms with van der Waals surface area (Å²) in [5.74, 6) is 0. The molecule has 0 aromatic rings. The van der Waals surface area contributed by atoms with Crippen molar-refractivity contribution in [2.45, 2.75) is 63.5 Å². The second kappa shape index (κ2) is 7.08. The highest BCUT2D eigenvalue weighted by Crippen LogP contribution is 2.39. The van der Waals surface area contributed by atoms with Gasteiger partial charge in [-0.1, -0.05) is 13.0 Å². The number of ether oxygens (including phenoxy) is 1. The number of allylic oxidation sites excluding steroid dienone is 1. The van der Waals surface area contributed by atoms with Crippen LogP contribution in [0.25, 0.3) is 0 Å². The van der Waals surface area contributed by atoms with E-state index in [9.17, 15) is 0 Å². The van der Waals surface area contributed by atoms with E-state index in [1.807, 2.05) is 13.2 Å². The molecule has 0 spiro atoms. The summed E-state index contributed by atoms with van der Waals surface area (Å²) < 4.78 is 5.78. The fourth-order valence-corrected chi connectivity index (χ4v) is 2.56. The van der Waals surface area contributed by atoms with E-state index in [4.69, 9.17) is 4.74 Å². The van der Waals surface area contributed by atoms with Crippen molar-refractivity contribution in [1.29, 1.82) is 0 Å². The van der Waals surface area contributed by atoms with Crippen LogP contribution in [0.2, 0.25) is 0 Å². The maximum Gasteiger partial charge on any atom is 0.0831 e. The maximum absolute atomic E-state index is 5.78. The van der Waals surface area contributed by atoms with Crippen LogP contribution in [0, 0.1) is 0 Å². The molecule has 1 unspecified atom stereocenters. The van der Waals surface area contributed by atoms with Crippen LogP contribution in [0.4, 0.5) is 0 Å². The molecule has 1 saturated carbocycles. The zero-order valence-electron chi connectivity index (χ0n) is 10.9. The zero-order chi connectivity index (χ0) is 11.9. The topological polar surface area (TPSA) is 21.3 Å². The van der Waals surface area contributed by atoms with Crippen molar-refractivity contribution in [3.63, 3.8) is 0 Å². The second-order valence-electron chi connectivity index (χ2n) is 4.85. The van der Waals surface area contributed by atoms with Crippen LogP contribution in [0.3, 0.4) is 0 Å². The molecular weight excluding hydrogens is 198 g/mol. The number of rotatable bonds is 9. The first-order valence-electron chi connectivity index (χ1n) is 6.68. The molecule has 0 bridgehead atoms. The summed E-state index contributed by atoms with van der Waals surface area (Å²) in [6.07, 6.45) is 10.5. The van der Waals surface area contributed by atoms with E-state index in [0.717, 1.165) is 13.0 Å². The lowest BCUT2D eigenvalue weighted by atomic mass is 9.73. The molecule has 1 aliphatic carbocycles. The van der Waals surface area contributed by atoms with Crippen molar-refractivity contribution in [2.24, 2.45) is 0 Å². The molecule has 0 aromatic heterocycles.